The number of benzene rings is 2. The molecule has 0 spiro atoms. The highest BCUT2D eigenvalue weighted by Gasteiger charge is 2.30. The Morgan fingerprint density at radius 1 is 1.08 bits per heavy atom. The van der Waals surface area contributed by atoms with E-state index in [1.807, 2.05) is 0 Å². The number of halogens is 3. The quantitative estimate of drug-likeness (QED) is 0.886. The number of carboxylic acid groups (broad SMARTS) is 1. The zero-order valence-electron chi connectivity index (χ0n) is 12.5. The normalized spacial score (nSPS) is 11.0. The largest absolute Gasteiger partial charge is 0.478 e. The molecule has 0 bridgehead atoms. The molecule has 24 heavy (non-hydrogen) atoms. The lowest BCUT2D eigenvalue weighted by Gasteiger charge is -2.20. The first-order valence-electron chi connectivity index (χ1n) is 6.74. The lowest BCUT2D eigenvalue weighted by molar-refractivity contribution is -0.137. The molecule has 0 fully saturated rings. The second kappa shape index (κ2) is 6.61. The van der Waals surface area contributed by atoms with Crippen LogP contribution >= 0.6 is 0 Å². The first-order valence-corrected chi connectivity index (χ1v) is 6.74. The molecule has 0 saturated carbocycles. The molecule has 8 heteroatoms. The molecule has 0 atom stereocenters. The van der Waals surface area contributed by atoms with Crippen LogP contribution in [0.25, 0.3) is 0 Å². The third-order valence-corrected chi connectivity index (χ3v) is 3.24. The van der Waals surface area contributed by atoms with Gasteiger partial charge in [0.2, 0.25) is 0 Å². The van der Waals surface area contributed by atoms with Crippen molar-refractivity contribution in [2.24, 2.45) is 0 Å². The van der Waals surface area contributed by atoms with Crippen LogP contribution in [-0.2, 0) is 6.18 Å². The standard InChI is InChI=1S/C16H13F3N2O3/c1-21(13-8-3-2-7-12(13)14(22)23)15(24)20-11-6-4-5-10(9-11)16(17,18)19/h2-9H,1H3,(H,20,24)(H,22,23). The van der Waals surface area contributed by atoms with E-state index in [-0.39, 0.29) is 16.9 Å². The van der Waals surface area contributed by atoms with Crippen molar-refractivity contribution >= 4 is 23.4 Å². The van der Waals surface area contributed by atoms with Crippen LogP contribution in [0.15, 0.2) is 48.5 Å². The van der Waals surface area contributed by atoms with Gasteiger partial charge in [0.1, 0.15) is 0 Å². The van der Waals surface area contributed by atoms with E-state index in [0.29, 0.717) is 0 Å². The van der Waals surface area contributed by atoms with Gasteiger partial charge in [0.25, 0.3) is 0 Å². The number of aromatic carboxylic acids is 1. The fourth-order valence-corrected chi connectivity index (χ4v) is 2.04. The summed E-state index contributed by atoms with van der Waals surface area (Å²) in [5.74, 6) is -1.22. The Kier molecular flexibility index (Phi) is 4.77. The van der Waals surface area contributed by atoms with Crippen molar-refractivity contribution in [3.63, 3.8) is 0 Å². The van der Waals surface area contributed by atoms with E-state index in [1.165, 1.54) is 37.4 Å². The van der Waals surface area contributed by atoms with E-state index in [2.05, 4.69) is 5.32 Å². The highest BCUT2D eigenvalue weighted by Crippen LogP contribution is 2.30. The highest BCUT2D eigenvalue weighted by molar-refractivity contribution is 6.05. The lowest BCUT2D eigenvalue weighted by atomic mass is 10.1. The third kappa shape index (κ3) is 3.83. The summed E-state index contributed by atoms with van der Waals surface area (Å²) in [6.45, 7) is 0. The molecule has 2 rings (SSSR count). The maximum atomic E-state index is 12.7. The topological polar surface area (TPSA) is 69.6 Å². The number of anilines is 2. The Morgan fingerprint density at radius 3 is 2.38 bits per heavy atom. The fourth-order valence-electron chi connectivity index (χ4n) is 2.04. The number of alkyl halides is 3. The van der Waals surface area contributed by atoms with Crippen LogP contribution in [0.2, 0.25) is 0 Å². The van der Waals surface area contributed by atoms with Gasteiger partial charge in [-0.15, -0.1) is 0 Å². The van der Waals surface area contributed by atoms with Gasteiger partial charge in [-0.1, -0.05) is 18.2 Å². The average molecular weight is 338 g/mol. The summed E-state index contributed by atoms with van der Waals surface area (Å²) in [6, 6.07) is 9.21. The van der Waals surface area contributed by atoms with Gasteiger partial charge >= 0.3 is 18.2 Å². The molecule has 0 heterocycles. The summed E-state index contributed by atoms with van der Waals surface area (Å²) in [4.78, 5) is 24.4. The Morgan fingerprint density at radius 2 is 1.75 bits per heavy atom. The second-order valence-corrected chi connectivity index (χ2v) is 4.89. The van der Waals surface area contributed by atoms with Gasteiger partial charge in [0.05, 0.1) is 16.8 Å². The van der Waals surface area contributed by atoms with Crippen molar-refractivity contribution in [2.45, 2.75) is 6.18 Å². The minimum absolute atomic E-state index is 0.0468. The molecule has 0 aromatic heterocycles. The first-order chi connectivity index (χ1) is 11.2. The van der Waals surface area contributed by atoms with Crippen LogP contribution in [0.5, 0.6) is 0 Å². The number of hydrogen-bond donors (Lipinski definition) is 2. The number of amides is 2. The van der Waals surface area contributed by atoms with Crippen LogP contribution in [-0.4, -0.2) is 24.2 Å². The van der Waals surface area contributed by atoms with E-state index < -0.39 is 23.7 Å². The Labute approximate surface area is 135 Å². The zero-order valence-corrected chi connectivity index (χ0v) is 12.5. The van der Waals surface area contributed by atoms with E-state index in [1.54, 1.807) is 6.07 Å². The molecule has 2 N–H and O–H groups in total. The maximum absolute atomic E-state index is 12.7. The fraction of sp³-hybridized carbons (Fsp3) is 0.125. The summed E-state index contributed by atoms with van der Waals surface area (Å²) in [7, 11) is 1.32. The first kappa shape index (κ1) is 17.3. The molecular formula is C16H13F3N2O3. The Bertz CT molecular complexity index is 775. The van der Waals surface area contributed by atoms with Crippen molar-refractivity contribution in [1.29, 1.82) is 0 Å². The number of hydrogen-bond acceptors (Lipinski definition) is 2. The van der Waals surface area contributed by atoms with Gasteiger partial charge in [-0.25, -0.2) is 9.59 Å². The van der Waals surface area contributed by atoms with Gasteiger partial charge in [0, 0.05) is 12.7 Å². The van der Waals surface area contributed by atoms with Gasteiger partial charge in [-0.2, -0.15) is 13.2 Å². The molecule has 2 aromatic carbocycles. The van der Waals surface area contributed by atoms with Crippen molar-refractivity contribution in [1.82, 2.24) is 0 Å². The number of carboxylic acids is 1. The molecule has 5 nitrogen and oxygen atoms in total. The molecule has 0 radical (unpaired) electrons. The number of urea groups is 1. The van der Waals surface area contributed by atoms with E-state index in [9.17, 15) is 22.8 Å². The molecule has 0 aliphatic heterocycles. The molecule has 126 valence electrons. The minimum atomic E-state index is -4.53. The third-order valence-electron chi connectivity index (χ3n) is 3.24. The molecule has 0 unspecified atom stereocenters. The van der Waals surface area contributed by atoms with E-state index in [0.717, 1.165) is 17.0 Å². The molecular weight excluding hydrogens is 325 g/mol. The van der Waals surface area contributed by atoms with Crippen LogP contribution in [0.4, 0.5) is 29.3 Å². The zero-order chi connectivity index (χ0) is 17.9. The van der Waals surface area contributed by atoms with Crippen LogP contribution in [0, 0.1) is 0 Å². The summed E-state index contributed by atoms with van der Waals surface area (Å²) < 4.78 is 38.0. The summed E-state index contributed by atoms with van der Waals surface area (Å²) in [5, 5.41) is 11.4. The lowest BCUT2D eigenvalue weighted by Crippen LogP contribution is -2.32. The van der Waals surface area contributed by atoms with Crippen molar-refractivity contribution in [3.05, 3.63) is 59.7 Å². The predicted molar refractivity (Wildman–Crippen MR) is 82.3 cm³/mol. The molecule has 2 aromatic rings. The van der Waals surface area contributed by atoms with Crippen molar-refractivity contribution < 1.29 is 27.9 Å². The molecule has 0 aliphatic carbocycles. The molecule has 0 aliphatic rings. The monoisotopic (exact) mass is 338 g/mol. The summed E-state index contributed by atoms with van der Waals surface area (Å²) in [5.41, 5.74) is -0.919. The number of para-hydroxylation sites is 1. The van der Waals surface area contributed by atoms with Crippen molar-refractivity contribution in [2.75, 3.05) is 17.3 Å². The molecule has 0 saturated heterocycles. The maximum Gasteiger partial charge on any atom is 0.416 e. The number of nitrogens with one attached hydrogen (secondary N) is 1. The number of rotatable bonds is 3. The van der Waals surface area contributed by atoms with Gasteiger partial charge in [0.15, 0.2) is 0 Å². The van der Waals surface area contributed by atoms with E-state index >= 15 is 0 Å². The molecule has 2 amide bonds. The van der Waals surface area contributed by atoms with Gasteiger partial charge in [-0.05, 0) is 30.3 Å². The second-order valence-electron chi connectivity index (χ2n) is 4.89. The van der Waals surface area contributed by atoms with Gasteiger partial charge in [-0.3, -0.25) is 4.90 Å². The van der Waals surface area contributed by atoms with E-state index in [4.69, 9.17) is 5.11 Å². The van der Waals surface area contributed by atoms with Crippen LogP contribution < -0.4 is 10.2 Å². The van der Waals surface area contributed by atoms with Crippen LogP contribution in [0.1, 0.15) is 15.9 Å². The smallest absolute Gasteiger partial charge is 0.416 e. The van der Waals surface area contributed by atoms with Gasteiger partial charge < -0.3 is 10.4 Å². The Balaban J connectivity index is 2.23. The highest BCUT2D eigenvalue weighted by atomic mass is 19.4. The predicted octanol–water partition coefficient (Wildman–Crippen LogP) is 4.07. The summed E-state index contributed by atoms with van der Waals surface area (Å²) in [6.07, 6.45) is -4.53. The SMILES string of the molecule is CN(C(=O)Nc1cccc(C(F)(F)F)c1)c1ccccc1C(=O)O. The Hall–Kier alpha value is -3.03. The summed E-state index contributed by atoms with van der Waals surface area (Å²) >= 11 is 0. The average Bonchev–Trinajstić information content (AvgIpc) is 2.53. The number of carbonyl (C=O) groups is 2. The van der Waals surface area contributed by atoms with Crippen LogP contribution in [0.3, 0.4) is 0 Å². The van der Waals surface area contributed by atoms with Crippen molar-refractivity contribution in [3.8, 4) is 0 Å². The minimum Gasteiger partial charge on any atom is -0.478 e. The number of carbonyl (C=O) groups excluding carboxylic acids is 1. The number of nitrogens with zero attached hydrogens (tertiary/aromatic N) is 1.